The minimum absolute atomic E-state index is 0.00273. The fourth-order valence-corrected chi connectivity index (χ4v) is 1.88. The Bertz CT molecular complexity index is 205. The number of nitrogens with one attached hydrogen (secondary N) is 1. The number of carbonyl (C=O) groups excluding carboxylic acids is 1. The van der Waals surface area contributed by atoms with Crippen LogP contribution < -0.4 is 5.32 Å². The normalized spacial score (nSPS) is 24.3. The Labute approximate surface area is 90.4 Å². The molecule has 1 saturated heterocycles. The van der Waals surface area contributed by atoms with Gasteiger partial charge in [-0.15, -0.1) is 0 Å². The molecule has 0 unspecified atom stereocenters. The van der Waals surface area contributed by atoms with Gasteiger partial charge in [-0.25, -0.2) is 0 Å². The highest BCUT2D eigenvalue weighted by Gasteiger charge is 2.29. The van der Waals surface area contributed by atoms with E-state index < -0.39 is 0 Å². The minimum atomic E-state index is -0.128. The molecule has 1 aliphatic heterocycles. The molecule has 2 N–H and O–H groups in total. The lowest BCUT2D eigenvalue weighted by molar-refractivity contribution is -0.139. The Morgan fingerprint density at radius 3 is 3.07 bits per heavy atom. The van der Waals surface area contributed by atoms with Crippen molar-refractivity contribution in [3.05, 3.63) is 0 Å². The molecule has 1 aliphatic rings. The molecule has 15 heavy (non-hydrogen) atoms. The van der Waals surface area contributed by atoms with E-state index in [1.807, 2.05) is 6.92 Å². The van der Waals surface area contributed by atoms with Crippen LogP contribution in [0.2, 0.25) is 0 Å². The molecule has 2 atom stereocenters. The van der Waals surface area contributed by atoms with Gasteiger partial charge in [-0.05, 0) is 13.3 Å². The van der Waals surface area contributed by atoms with Gasteiger partial charge in [0.2, 0.25) is 5.91 Å². The molecule has 5 nitrogen and oxygen atoms in total. The van der Waals surface area contributed by atoms with Gasteiger partial charge in [0, 0.05) is 26.8 Å². The van der Waals surface area contributed by atoms with E-state index in [0.29, 0.717) is 19.6 Å². The number of rotatable bonds is 5. The first-order valence-corrected chi connectivity index (χ1v) is 5.34. The first-order valence-electron chi connectivity index (χ1n) is 5.34. The van der Waals surface area contributed by atoms with Gasteiger partial charge in [-0.1, -0.05) is 0 Å². The van der Waals surface area contributed by atoms with E-state index in [-0.39, 0.29) is 24.6 Å². The lowest BCUT2D eigenvalue weighted by atomic mass is 10.1. The smallest absolute Gasteiger partial charge is 0.239 e. The first-order chi connectivity index (χ1) is 7.20. The van der Waals surface area contributed by atoms with E-state index in [4.69, 9.17) is 9.84 Å². The molecular formula is C10H20N2O3. The molecule has 0 aromatic rings. The largest absolute Gasteiger partial charge is 0.396 e. The summed E-state index contributed by atoms with van der Waals surface area (Å²) < 4.78 is 5.07. The highest BCUT2D eigenvalue weighted by molar-refractivity contribution is 5.82. The summed E-state index contributed by atoms with van der Waals surface area (Å²) in [7, 11) is 1.61. The lowest BCUT2D eigenvalue weighted by Gasteiger charge is -2.37. The molecule has 1 fully saturated rings. The van der Waals surface area contributed by atoms with Crippen LogP contribution in [-0.2, 0) is 9.53 Å². The highest BCUT2D eigenvalue weighted by atomic mass is 16.5. The second-order valence-electron chi connectivity index (χ2n) is 3.83. The van der Waals surface area contributed by atoms with Crippen LogP contribution in [0.3, 0.4) is 0 Å². The van der Waals surface area contributed by atoms with Crippen LogP contribution in [0.25, 0.3) is 0 Å². The quantitative estimate of drug-likeness (QED) is 0.632. The van der Waals surface area contributed by atoms with E-state index in [9.17, 15) is 4.79 Å². The number of nitrogens with zero attached hydrogens (tertiary/aromatic N) is 1. The molecule has 0 aliphatic carbocycles. The number of amides is 1. The number of carbonyl (C=O) groups is 1. The SMILES string of the molecule is COC[C@H](CCO)N1CCN[C@@H](C)C1=O. The molecule has 0 aromatic carbocycles. The molecule has 0 bridgehead atoms. The third-order valence-electron chi connectivity index (χ3n) is 2.72. The van der Waals surface area contributed by atoms with Gasteiger partial charge in [0.25, 0.3) is 0 Å². The van der Waals surface area contributed by atoms with Crippen molar-refractivity contribution >= 4 is 5.91 Å². The average Bonchev–Trinajstić information content (AvgIpc) is 2.22. The Morgan fingerprint density at radius 2 is 2.47 bits per heavy atom. The van der Waals surface area contributed by atoms with Crippen molar-refractivity contribution in [3.63, 3.8) is 0 Å². The van der Waals surface area contributed by atoms with Crippen molar-refractivity contribution in [2.75, 3.05) is 33.4 Å². The lowest BCUT2D eigenvalue weighted by Crippen LogP contribution is -2.58. The van der Waals surface area contributed by atoms with Crippen molar-refractivity contribution in [1.82, 2.24) is 10.2 Å². The van der Waals surface area contributed by atoms with Crippen LogP contribution in [0, 0.1) is 0 Å². The van der Waals surface area contributed by atoms with Gasteiger partial charge >= 0.3 is 0 Å². The fraction of sp³-hybridized carbons (Fsp3) is 0.900. The van der Waals surface area contributed by atoms with Crippen LogP contribution in [0.5, 0.6) is 0 Å². The fourth-order valence-electron chi connectivity index (χ4n) is 1.88. The van der Waals surface area contributed by atoms with Crippen LogP contribution >= 0.6 is 0 Å². The van der Waals surface area contributed by atoms with Crippen LogP contribution in [0.15, 0.2) is 0 Å². The topological polar surface area (TPSA) is 61.8 Å². The maximum atomic E-state index is 11.8. The highest BCUT2D eigenvalue weighted by Crippen LogP contribution is 2.10. The van der Waals surface area contributed by atoms with Gasteiger partial charge < -0.3 is 20.1 Å². The van der Waals surface area contributed by atoms with Crippen LogP contribution in [-0.4, -0.2) is 61.4 Å². The zero-order valence-corrected chi connectivity index (χ0v) is 9.40. The summed E-state index contributed by atoms with van der Waals surface area (Å²) >= 11 is 0. The molecular weight excluding hydrogens is 196 g/mol. The van der Waals surface area contributed by atoms with E-state index in [2.05, 4.69) is 5.32 Å². The van der Waals surface area contributed by atoms with E-state index in [0.717, 1.165) is 6.54 Å². The zero-order chi connectivity index (χ0) is 11.3. The van der Waals surface area contributed by atoms with Crippen LogP contribution in [0.1, 0.15) is 13.3 Å². The van der Waals surface area contributed by atoms with Crippen molar-refractivity contribution in [1.29, 1.82) is 0 Å². The molecule has 1 heterocycles. The van der Waals surface area contributed by atoms with Gasteiger partial charge in [0.05, 0.1) is 18.7 Å². The standard InChI is InChI=1S/C10H20N2O3/c1-8-10(14)12(5-4-11-8)9(3-6-13)7-15-2/h8-9,11,13H,3-7H2,1-2H3/t8-,9-/m0/s1. The second kappa shape index (κ2) is 6.05. The third-order valence-corrected chi connectivity index (χ3v) is 2.72. The van der Waals surface area contributed by atoms with Crippen molar-refractivity contribution < 1.29 is 14.6 Å². The summed E-state index contributed by atoms with van der Waals surface area (Å²) in [6, 6.07) is -0.131. The maximum absolute atomic E-state index is 11.8. The average molecular weight is 216 g/mol. The summed E-state index contributed by atoms with van der Waals surface area (Å²) in [4.78, 5) is 13.6. The van der Waals surface area contributed by atoms with E-state index >= 15 is 0 Å². The molecule has 0 saturated carbocycles. The van der Waals surface area contributed by atoms with E-state index in [1.165, 1.54) is 0 Å². The zero-order valence-electron chi connectivity index (χ0n) is 9.40. The number of ether oxygens (including phenoxy) is 1. The summed E-state index contributed by atoms with van der Waals surface area (Å²) in [5, 5.41) is 12.0. The Kier molecular flexibility index (Phi) is 5.01. The molecule has 0 aromatic heterocycles. The predicted molar refractivity (Wildman–Crippen MR) is 56.5 cm³/mol. The van der Waals surface area contributed by atoms with Crippen molar-refractivity contribution in [2.24, 2.45) is 0 Å². The second-order valence-corrected chi connectivity index (χ2v) is 3.83. The number of piperazine rings is 1. The number of hydrogen-bond acceptors (Lipinski definition) is 4. The maximum Gasteiger partial charge on any atom is 0.239 e. The molecule has 1 amide bonds. The van der Waals surface area contributed by atoms with Crippen LogP contribution in [0.4, 0.5) is 0 Å². The van der Waals surface area contributed by atoms with Gasteiger partial charge in [0.1, 0.15) is 0 Å². The van der Waals surface area contributed by atoms with Crippen molar-refractivity contribution in [3.8, 4) is 0 Å². The molecule has 0 spiro atoms. The third kappa shape index (κ3) is 3.15. The summed E-state index contributed by atoms with van der Waals surface area (Å²) in [6.45, 7) is 3.92. The number of hydrogen-bond donors (Lipinski definition) is 2. The number of methoxy groups -OCH3 is 1. The molecule has 1 rings (SSSR count). The Hall–Kier alpha value is -0.650. The van der Waals surface area contributed by atoms with Crippen molar-refractivity contribution in [2.45, 2.75) is 25.4 Å². The van der Waals surface area contributed by atoms with E-state index in [1.54, 1.807) is 12.0 Å². The number of aliphatic hydroxyl groups is 1. The first kappa shape index (κ1) is 12.4. The molecule has 5 heteroatoms. The minimum Gasteiger partial charge on any atom is -0.396 e. The summed E-state index contributed by atoms with van der Waals surface area (Å²) in [6.07, 6.45) is 0.576. The van der Waals surface area contributed by atoms with Gasteiger partial charge in [-0.3, -0.25) is 4.79 Å². The monoisotopic (exact) mass is 216 g/mol. The summed E-state index contributed by atoms with van der Waals surface area (Å²) in [5.41, 5.74) is 0. The van der Waals surface area contributed by atoms with Gasteiger partial charge in [-0.2, -0.15) is 0 Å². The number of aliphatic hydroxyl groups excluding tert-OH is 1. The Balaban J connectivity index is 2.59. The predicted octanol–water partition coefficient (Wildman–Crippen LogP) is -0.796. The molecule has 0 radical (unpaired) electrons. The molecule has 88 valence electrons. The van der Waals surface area contributed by atoms with Gasteiger partial charge in [0.15, 0.2) is 0 Å². The summed E-state index contributed by atoms with van der Waals surface area (Å²) in [5.74, 6) is 0.0942. The Morgan fingerprint density at radius 1 is 1.73 bits per heavy atom.